The van der Waals surface area contributed by atoms with Gasteiger partial charge in [0.1, 0.15) is 7.59 Å². The number of carbonyl (C=O) groups is 4. The Morgan fingerprint density at radius 1 is 0.733 bits per heavy atom. The van der Waals surface area contributed by atoms with E-state index in [0.29, 0.717) is 29.4 Å². The molecule has 1 saturated heterocycles. The Morgan fingerprint density at radius 3 is 1.50 bits per heavy atom. The fourth-order valence-electron chi connectivity index (χ4n) is 3.55. The zero-order valence-corrected chi connectivity index (χ0v) is 17.4. The number of hydrogen-bond donors (Lipinski definition) is 4. The summed E-state index contributed by atoms with van der Waals surface area (Å²) >= 11 is 0. The van der Waals surface area contributed by atoms with Crippen molar-refractivity contribution in [3.05, 3.63) is 58.7 Å². The summed E-state index contributed by atoms with van der Waals surface area (Å²) in [5.74, 6) is -5.50. The molecule has 0 bridgehead atoms. The third kappa shape index (κ3) is 3.77. The van der Waals surface area contributed by atoms with Gasteiger partial charge in [0.2, 0.25) is 9.28 Å². The molecule has 2 aromatic rings. The minimum absolute atomic E-state index is 0.0614. The summed E-state index contributed by atoms with van der Waals surface area (Å²) in [6.07, 6.45) is 0.658. The Bertz CT molecular complexity index is 980. The predicted octanol–water partition coefficient (Wildman–Crippen LogP) is 0.579. The van der Waals surface area contributed by atoms with Gasteiger partial charge in [0.05, 0.1) is 22.3 Å². The Balaban J connectivity index is 2.25. The Hall–Kier alpha value is -3.29. The van der Waals surface area contributed by atoms with E-state index in [0.717, 1.165) is 0 Å². The van der Waals surface area contributed by atoms with E-state index in [1.165, 1.54) is 24.3 Å². The molecule has 30 heavy (non-hydrogen) atoms. The van der Waals surface area contributed by atoms with Gasteiger partial charge in [0.25, 0.3) is 0 Å². The first-order valence-electron chi connectivity index (χ1n) is 8.78. The molecule has 0 atom stereocenters. The lowest BCUT2D eigenvalue weighted by molar-refractivity contribution is 0.0651. The molecular formula is C19H16O9Si2. The Morgan fingerprint density at radius 2 is 1.17 bits per heavy atom. The molecule has 0 saturated carbocycles. The van der Waals surface area contributed by atoms with Crippen molar-refractivity contribution in [2.45, 2.75) is 12.5 Å². The first kappa shape index (κ1) is 21.4. The highest BCUT2D eigenvalue weighted by Gasteiger charge is 2.42. The van der Waals surface area contributed by atoms with Gasteiger partial charge < -0.3 is 24.9 Å². The van der Waals surface area contributed by atoms with Crippen molar-refractivity contribution in [3.8, 4) is 0 Å². The minimum Gasteiger partial charge on any atom is -0.478 e. The highest BCUT2D eigenvalue weighted by molar-refractivity contribution is 7.36. The Labute approximate surface area is 173 Å². The number of carboxylic acids is 4. The number of carboxylic acid groups (broad SMARTS) is 4. The van der Waals surface area contributed by atoms with E-state index < -0.39 is 31.5 Å². The van der Waals surface area contributed by atoms with Gasteiger partial charge in [-0.1, -0.05) is 22.5 Å². The fourth-order valence-corrected chi connectivity index (χ4v) is 11.0. The highest BCUT2D eigenvalue weighted by Crippen LogP contribution is 2.21. The molecule has 1 fully saturated rings. The van der Waals surface area contributed by atoms with E-state index in [1.807, 2.05) is 0 Å². The van der Waals surface area contributed by atoms with Crippen molar-refractivity contribution in [1.82, 2.24) is 0 Å². The van der Waals surface area contributed by atoms with Crippen molar-refractivity contribution in [2.24, 2.45) is 0 Å². The second-order valence-electron chi connectivity index (χ2n) is 6.70. The molecule has 1 aliphatic heterocycles. The van der Waals surface area contributed by atoms with Crippen LogP contribution in [0.3, 0.4) is 0 Å². The first-order chi connectivity index (χ1) is 14.2. The molecule has 154 valence electrons. The highest BCUT2D eigenvalue weighted by atomic mass is 29.2. The number of rotatable bonds is 6. The fraction of sp³-hybridized carbons (Fsp3) is 0.158. The third-order valence-electron chi connectivity index (χ3n) is 4.99. The maximum absolute atomic E-state index is 11.6. The average molecular weight is 445 g/mol. The summed E-state index contributed by atoms with van der Waals surface area (Å²) in [5, 5.41) is 38.7. The van der Waals surface area contributed by atoms with E-state index in [4.69, 9.17) is 4.43 Å². The summed E-state index contributed by atoms with van der Waals surface area (Å²) in [4.78, 5) is 46.1. The number of hydrogen-bond acceptors (Lipinski definition) is 5. The van der Waals surface area contributed by atoms with Gasteiger partial charge in [-0.3, -0.25) is 0 Å². The van der Waals surface area contributed by atoms with Gasteiger partial charge >= 0.3 is 23.9 Å². The molecule has 4 N–H and O–H groups in total. The van der Waals surface area contributed by atoms with Crippen LogP contribution in [0.25, 0.3) is 0 Å². The largest absolute Gasteiger partial charge is 0.478 e. The quantitative estimate of drug-likeness (QED) is 0.468. The molecule has 9 nitrogen and oxygen atoms in total. The maximum Gasteiger partial charge on any atom is 0.336 e. The predicted molar refractivity (Wildman–Crippen MR) is 107 cm³/mol. The average Bonchev–Trinajstić information content (AvgIpc) is 2.73. The number of aromatic carboxylic acids is 4. The van der Waals surface area contributed by atoms with E-state index in [9.17, 15) is 39.6 Å². The van der Waals surface area contributed by atoms with Gasteiger partial charge in [-0.25, -0.2) is 19.2 Å². The molecule has 1 heterocycles. The van der Waals surface area contributed by atoms with Crippen LogP contribution in [0.1, 0.15) is 47.9 Å². The monoisotopic (exact) mass is 444 g/mol. The van der Waals surface area contributed by atoms with Crippen molar-refractivity contribution in [2.75, 3.05) is 6.61 Å². The van der Waals surface area contributed by atoms with E-state index in [2.05, 4.69) is 0 Å². The van der Waals surface area contributed by atoms with Crippen molar-refractivity contribution in [1.29, 1.82) is 0 Å². The van der Waals surface area contributed by atoms with Gasteiger partial charge in [-0.05, 0) is 36.7 Å². The minimum atomic E-state index is -2.81. The zero-order valence-electron chi connectivity index (χ0n) is 15.4. The molecule has 11 heteroatoms. The third-order valence-corrected chi connectivity index (χ3v) is 13.3. The Kier molecular flexibility index (Phi) is 5.87. The lowest BCUT2D eigenvalue weighted by Gasteiger charge is -2.35. The molecule has 0 aliphatic carbocycles. The van der Waals surface area contributed by atoms with Gasteiger partial charge in [-0.15, -0.1) is 0 Å². The zero-order chi connectivity index (χ0) is 22.1. The van der Waals surface area contributed by atoms with Crippen LogP contribution in [0.5, 0.6) is 0 Å². The van der Waals surface area contributed by atoms with Crippen LogP contribution in [0.4, 0.5) is 0 Å². The summed E-state index contributed by atoms with van der Waals surface area (Å²) in [6.45, 7) is 0.505. The molecule has 0 amide bonds. The first-order valence-corrected chi connectivity index (χ1v) is 12.9. The van der Waals surface area contributed by atoms with Crippen LogP contribution in [0.2, 0.25) is 6.04 Å². The second kappa shape index (κ2) is 8.22. The van der Waals surface area contributed by atoms with E-state index in [1.54, 1.807) is 12.1 Å². The van der Waals surface area contributed by atoms with Crippen LogP contribution in [-0.4, -0.2) is 67.8 Å². The molecule has 0 spiro atoms. The van der Waals surface area contributed by atoms with Crippen LogP contribution >= 0.6 is 0 Å². The van der Waals surface area contributed by atoms with Crippen LogP contribution in [0, 0.1) is 0 Å². The summed E-state index contributed by atoms with van der Waals surface area (Å²) in [5.41, 5.74) is -1.41. The lowest BCUT2D eigenvalue weighted by atomic mass is 10.1. The van der Waals surface area contributed by atoms with Crippen LogP contribution < -0.4 is 10.4 Å². The molecular weight excluding hydrogens is 428 g/mol. The summed E-state index contributed by atoms with van der Waals surface area (Å²) in [6, 6.07) is 8.85. The standard InChI is InChI=1S/C19H16O9Si2/c20-16(21)12-4-2-10(8-14(12)18(24)25)30(7-1-6-28-29-30)11-3-5-13(17(22)23)15(9-11)19(26)27/h2-5,8-9H,1,6-7H2,(H,20,21)(H,22,23)(H,24,25)(H,26,27). The number of benzene rings is 2. The smallest absolute Gasteiger partial charge is 0.336 e. The van der Waals surface area contributed by atoms with E-state index in [-0.39, 0.29) is 31.5 Å². The van der Waals surface area contributed by atoms with E-state index >= 15 is 0 Å². The topological polar surface area (TPSA) is 158 Å². The molecule has 0 unspecified atom stereocenters. The van der Waals surface area contributed by atoms with Crippen LogP contribution in [0.15, 0.2) is 36.4 Å². The molecule has 2 aromatic carbocycles. The summed E-state index contributed by atoms with van der Waals surface area (Å²) in [7, 11) is -2.87. The van der Waals surface area contributed by atoms with Crippen molar-refractivity contribution in [3.63, 3.8) is 0 Å². The molecule has 3 rings (SSSR count). The lowest BCUT2D eigenvalue weighted by Crippen LogP contribution is -2.66. The summed E-state index contributed by atoms with van der Waals surface area (Å²) < 4.78 is 5.71. The normalized spacial score (nSPS) is 15.3. The second-order valence-corrected chi connectivity index (χ2v) is 13.8. The molecule has 0 aromatic heterocycles. The van der Waals surface area contributed by atoms with Gasteiger partial charge in [0.15, 0.2) is 0 Å². The molecule has 1 aliphatic rings. The van der Waals surface area contributed by atoms with Gasteiger partial charge in [-0.2, -0.15) is 0 Å². The SMILES string of the molecule is O=C(O)c1ccc([Si]2(c3ccc(C(=O)O)c(C(=O)O)c3)CCCO[Si]2)cc1C(=O)O. The maximum atomic E-state index is 11.6. The van der Waals surface area contributed by atoms with Crippen molar-refractivity contribution < 1.29 is 44.0 Å². The van der Waals surface area contributed by atoms with Gasteiger partial charge in [0, 0.05) is 6.61 Å². The van der Waals surface area contributed by atoms with Crippen molar-refractivity contribution >= 4 is 51.1 Å². The molecule has 2 radical (unpaired) electrons. The van der Waals surface area contributed by atoms with Crippen LogP contribution in [-0.2, 0) is 4.43 Å².